The molecular weight excluding hydrogens is 291 g/mol. The van der Waals surface area contributed by atoms with E-state index in [4.69, 9.17) is 28.9 Å². The van der Waals surface area contributed by atoms with Gasteiger partial charge in [-0.05, 0) is 18.6 Å². The summed E-state index contributed by atoms with van der Waals surface area (Å²) in [7, 11) is 0. The van der Waals surface area contributed by atoms with Crippen molar-refractivity contribution in [2.75, 3.05) is 17.6 Å². The first-order chi connectivity index (χ1) is 9.65. The Morgan fingerprint density at radius 3 is 2.10 bits per heavy atom. The van der Waals surface area contributed by atoms with Crippen LogP contribution in [0.1, 0.15) is 58.3 Å². The first-order valence-corrected chi connectivity index (χ1v) is 8.39. The molecule has 1 aromatic rings. The number of hydrogen-bond donors (Lipinski definition) is 2. The fourth-order valence-corrected chi connectivity index (χ4v) is 2.53. The fraction of sp³-hybridized carbons (Fsp3) is 0.625. The van der Waals surface area contributed by atoms with Gasteiger partial charge in [0.25, 0.3) is 0 Å². The minimum absolute atomic E-state index is 0.502. The summed E-state index contributed by atoms with van der Waals surface area (Å²) < 4.78 is 0. The summed E-state index contributed by atoms with van der Waals surface area (Å²) in [4.78, 5) is 0. The van der Waals surface area contributed by atoms with Gasteiger partial charge in [0.2, 0.25) is 0 Å². The lowest BCUT2D eigenvalue weighted by molar-refractivity contribution is 0.581. The maximum absolute atomic E-state index is 5.98. The number of nitrogens with one attached hydrogen (secondary N) is 1. The highest BCUT2D eigenvalue weighted by molar-refractivity contribution is 6.42. The molecule has 4 heteroatoms. The van der Waals surface area contributed by atoms with Crippen LogP contribution in [0.5, 0.6) is 0 Å². The van der Waals surface area contributed by atoms with Gasteiger partial charge in [0.15, 0.2) is 0 Å². The Morgan fingerprint density at radius 2 is 1.45 bits per heavy atom. The number of nitrogens with two attached hydrogens (primary N) is 1. The maximum Gasteiger partial charge on any atom is 0.0614 e. The Kier molecular flexibility index (Phi) is 8.88. The van der Waals surface area contributed by atoms with Crippen LogP contribution in [-0.4, -0.2) is 6.54 Å². The summed E-state index contributed by atoms with van der Waals surface area (Å²) >= 11 is 11.9. The molecule has 0 aliphatic heterocycles. The van der Waals surface area contributed by atoms with Gasteiger partial charge in [-0.25, -0.2) is 0 Å². The topological polar surface area (TPSA) is 38.0 Å². The highest BCUT2D eigenvalue weighted by atomic mass is 35.5. The van der Waals surface area contributed by atoms with Gasteiger partial charge in [0, 0.05) is 6.54 Å². The molecule has 0 aromatic heterocycles. The van der Waals surface area contributed by atoms with Crippen molar-refractivity contribution in [2.24, 2.45) is 0 Å². The van der Waals surface area contributed by atoms with E-state index in [-0.39, 0.29) is 0 Å². The third kappa shape index (κ3) is 6.71. The number of anilines is 2. The lowest BCUT2D eigenvalue weighted by atomic mass is 10.1. The van der Waals surface area contributed by atoms with E-state index in [0.717, 1.165) is 18.7 Å². The van der Waals surface area contributed by atoms with Crippen molar-refractivity contribution in [2.45, 2.75) is 58.3 Å². The molecule has 0 saturated heterocycles. The summed E-state index contributed by atoms with van der Waals surface area (Å²) in [5, 5.41) is 4.37. The normalized spacial score (nSPS) is 10.8. The number of halogens is 2. The second-order valence-electron chi connectivity index (χ2n) is 5.26. The first kappa shape index (κ1) is 17.5. The predicted molar refractivity (Wildman–Crippen MR) is 92.0 cm³/mol. The Labute approximate surface area is 133 Å². The van der Waals surface area contributed by atoms with E-state index >= 15 is 0 Å². The van der Waals surface area contributed by atoms with Crippen molar-refractivity contribution in [1.29, 1.82) is 0 Å². The van der Waals surface area contributed by atoms with Crippen LogP contribution in [0, 0.1) is 0 Å². The monoisotopic (exact) mass is 316 g/mol. The van der Waals surface area contributed by atoms with Crippen molar-refractivity contribution >= 4 is 34.6 Å². The largest absolute Gasteiger partial charge is 0.397 e. The summed E-state index contributed by atoms with van der Waals surface area (Å²) in [6, 6.07) is 3.49. The molecule has 1 rings (SSSR count). The standard InChI is InChI=1S/C16H26Cl2N2/c1-2-3-4-5-6-7-8-9-10-20-16-12-14(18)13(17)11-15(16)19/h11-12,20H,2-10,19H2,1H3. The number of hydrogen-bond acceptors (Lipinski definition) is 2. The van der Waals surface area contributed by atoms with Crippen molar-refractivity contribution in [3.05, 3.63) is 22.2 Å². The molecule has 20 heavy (non-hydrogen) atoms. The second-order valence-corrected chi connectivity index (χ2v) is 6.07. The van der Waals surface area contributed by atoms with Crippen LogP contribution in [0.15, 0.2) is 12.1 Å². The van der Waals surface area contributed by atoms with E-state index in [0.29, 0.717) is 15.7 Å². The zero-order chi connectivity index (χ0) is 14.8. The number of rotatable bonds is 10. The Hall–Kier alpha value is -0.600. The molecule has 0 atom stereocenters. The highest BCUT2D eigenvalue weighted by Crippen LogP contribution is 2.30. The zero-order valence-electron chi connectivity index (χ0n) is 12.4. The van der Waals surface area contributed by atoms with Crippen molar-refractivity contribution < 1.29 is 0 Å². The van der Waals surface area contributed by atoms with Gasteiger partial charge in [-0.15, -0.1) is 0 Å². The summed E-state index contributed by atoms with van der Waals surface area (Å²) in [6.07, 6.45) is 10.5. The molecule has 0 bridgehead atoms. The molecule has 0 spiro atoms. The van der Waals surface area contributed by atoms with Crippen LogP contribution >= 0.6 is 23.2 Å². The molecule has 0 fully saturated rings. The quantitative estimate of drug-likeness (QED) is 0.402. The van der Waals surface area contributed by atoms with E-state index < -0.39 is 0 Å². The van der Waals surface area contributed by atoms with Gasteiger partial charge in [-0.1, -0.05) is 75.1 Å². The average molecular weight is 317 g/mol. The summed E-state index contributed by atoms with van der Waals surface area (Å²) in [5.74, 6) is 0. The molecule has 0 unspecified atom stereocenters. The van der Waals surface area contributed by atoms with Crippen LogP contribution < -0.4 is 11.1 Å². The van der Waals surface area contributed by atoms with Crippen molar-refractivity contribution in [3.63, 3.8) is 0 Å². The Balaban J connectivity index is 2.11. The minimum atomic E-state index is 0.502. The Morgan fingerprint density at radius 1 is 0.900 bits per heavy atom. The van der Waals surface area contributed by atoms with Crippen molar-refractivity contribution in [3.8, 4) is 0 Å². The van der Waals surface area contributed by atoms with E-state index in [1.54, 1.807) is 12.1 Å². The average Bonchev–Trinajstić information content (AvgIpc) is 2.42. The number of nitrogen functional groups attached to an aromatic ring is 1. The van der Waals surface area contributed by atoms with Gasteiger partial charge >= 0.3 is 0 Å². The van der Waals surface area contributed by atoms with Crippen LogP contribution in [0.3, 0.4) is 0 Å². The maximum atomic E-state index is 5.98. The molecule has 0 heterocycles. The Bertz CT molecular complexity index is 394. The van der Waals surface area contributed by atoms with Gasteiger partial charge in [-0.3, -0.25) is 0 Å². The summed E-state index contributed by atoms with van der Waals surface area (Å²) in [6.45, 7) is 3.18. The van der Waals surface area contributed by atoms with Gasteiger partial charge < -0.3 is 11.1 Å². The molecule has 0 saturated carbocycles. The SMILES string of the molecule is CCCCCCCCCCNc1cc(Cl)c(Cl)cc1N. The third-order valence-corrected chi connectivity index (χ3v) is 4.16. The van der Waals surface area contributed by atoms with Crippen LogP contribution in [-0.2, 0) is 0 Å². The molecular formula is C16H26Cl2N2. The van der Waals surface area contributed by atoms with E-state index in [1.807, 2.05) is 0 Å². The lowest BCUT2D eigenvalue weighted by Crippen LogP contribution is -2.04. The molecule has 1 aromatic carbocycles. The van der Waals surface area contributed by atoms with E-state index in [2.05, 4.69) is 12.2 Å². The van der Waals surface area contributed by atoms with Crippen LogP contribution in [0.4, 0.5) is 11.4 Å². The van der Waals surface area contributed by atoms with E-state index in [1.165, 1.54) is 44.9 Å². The van der Waals surface area contributed by atoms with Gasteiger partial charge in [-0.2, -0.15) is 0 Å². The minimum Gasteiger partial charge on any atom is -0.397 e. The molecule has 0 amide bonds. The van der Waals surface area contributed by atoms with Crippen LogP contribution in [0.25, 0.3) is 0 Å². The van der Waals surface area contributed by atoms with Gasteiger partial charge in [0.1, 0.15) is 0 Å². The number of unbranched alkanes of at least 4 members (excludes halogenated alkanes) is 7. The van der Waals surface area contributed by atoms with Gasteiger partial charge in [0.05, 0.1) is 21.4 Å². The zero-order valence-corrected chi connectivity index (χ0v) is 13.9. The smallest absolute Gasteiger partial charge is 0.0614 e. The second kappa shape index (κ2) is 10.2. The fourth-order valence-electron chi connectivity index (χ4n) is 2.20. The molecule has 2 nitrogen and oxygen atoms in total. The molecule has 0 radical (unpaired) electrons. The third-order valence-electron chi connectivity index (χ3n) is 3.44. The number of benzene rings is 1. The summed E-state index contributed by atoms with van der Waals surface area (Å²) in [5.41, 5.74) is 7.42. The van der Waals surface area contributed by atoms with Crippen molar-refractivity contribution in [1.82, 2.24) is 0 Å². The molecule has 0 aliphatic carbocycles. The first-order valence-electron chi connectivity index (χ1n) is 7.63. The van der Waals surface area contributed by atoms with E-state index in [9.17, 15) is 0 Å². The lowest BCUT2D eigenvalue weighted by Gasteiger charge is -2.10. The highest BCUT2D eigenvalue weighted by Gasteiger charge is 2.04. The predicted octanol–water partition coefficient (Wildman–Crippen LogP) is 6.13. The molecule has 0 aliphatic rings. The molecule has 114 valence electrons. The molecule has 3 N–H and O–H groups in total. The van der Waals surface area contributed by atoms with Crippen LogP contribution in [0.2, 0.25) is 10.0 Å².